The number of para-hydroxylation sites is 1. The number of furan rings is 1. The van der Waals surface area contributed by atoms with E-state index in [1.54, 1.807) is 12.3 Å². The SMILES string of the molecule is Cc1cc(F)ccc1C(NN)c1coc2ccccc12. The third-order valence-electron chi connectivity index (χ3n) is 3.53. The van der Waals surface area contributed by atoms with E-state index in [2.05, 4.69) is 5.43 Å². The number of benzene rings is 2. The van der Waals surface area contributed by atoms with E-state index in [4.69, 9.17) is 10.3 Å². The van der Waals surface area contributed by atoms with Crippen LogP contribution in [0.1, 0.15) is 22.7 Å². The lowest BCUT2D eigenvalue weighted by atomic mass is 9.95. The molecule has 0 saturated carbocycles. The third kappa shape index (κ3) is 2.09. The van der Waals surface area contributed by atoms with Crippen LogP contribution in [0.5, 0.6) is 0 Å². The lowest BCUT2D eigenvalue weighted by molar-refractivity contribution is 0.582. The molecule has 1 atom stereocenters. The summed E-state index contributed by atoms with van der Waals surface area (Å²) in [6.45, 7) is 1.87. The summed E-state index contributed by atoms with van der Waals surface area (Å²) in [4.78, 5) is 0. The average molecular weight is 270 g/mol. The molecule has 0 aliphatic heterocycles. The van der Waals surface area contributed by atoms with Crippen molar-refractivity contribution in [1.82, 2.24) is 5.43 Å². The molecule has 0 radical (unpaired) electrons. The summed E-state index contributed by atoms with van der Waals surface area (Å²) in [7, 11) is 0. The number of nitrogens with two attached hydrogens (primary N) is 1. The van der Waals surface area contributed by atoms with E-state index in [0.29, 0.717) is 0 Å². The van der Waals surface area contributed by atoms with E-state index < -0.39 is 0 Å². The Labute approximate surface area is 116 Å². The number of nitrogens with one attached hydrogen (secondary N) is 1. The zero-order chi connectivity index (χ0) is 14.1. The monoisotopic (exact) mass is 270 g/mol. The average Bonchev–Trinajstić information content (AvgIpc) is 2.86. The number of hydrogen-bond acceptors (Lipinski definition) is 3. The van der Waals surface area contributed by atoms with Crippen LogP contribution in [-0.4, -0.2) is 0 Å². The molecule has 0 aliphatic carbocycles. The van der Waals surface area contributed by atoms with Crippen molar-refractivity contribution < 1.29 is 8.81 Å². The van der Waals surface area contributed by atoms with Crippen LogP contribution in [0.3, 0.4) is 0 Å². The molecule has 0 fully saturated rings. The maximum Gasteiger partial charge on any atom is 0.134 e. The number of halogens is 1. The van der Waals surface area contributed by atoms with Crippen LogP contribution >= 0.6 is 0 Å². The smallest absolute Gasteiger partial charge is 0.134 e. The predicted molar refractivity (Wildman–Crippen MR) is 76.5 cm³/mol. The summed E-state index contributed by atoms with van der Waals surface area (Å²) in [6.07, 6.45) is 1.69. The molecule has 2 aromatic carbocycles. The van der Waals surface area contributed by atoms with Gasteiger partial charge >= 0.3 is 0 Å². The van der Waals surface area contributed by atoms with E-state index >= 15 is 0 Å². The highest BCUT2D eigenvalue weighted by Gasteiger charge is 2.19. The van der Waals surface area contributed by atoms with Crippen molar-refractivity contribution in [3.8, 4) is 0 Å². The Kier molecular flexibility index (Phi) is 3.26. The second-order valence-electron chi connectivity index (χ2n) is 4.79. The molecule has 1 aromatic heterocycles. The topological polar surface area (TPSA) is 51.2 Å². The fourth-order valence-electron chi connectivity index (χ4n) is 2.53. The molecule has 3 nitrogen and oxygen atoms in total. The highest BCUT2D eigenvalue weighted by Crippen LogP contribution is 2.31. The minimum absolute atomic E-state index is 0.237. The zero-order valence-corrected chi connectivity index (χ0v) is 11.1. The Morgan fingerprint density at radius 2 is 1.95 bits per heavy atom. The van der Waals surface area contributed by atoms with Crippen molar-refractivity contribution in [2.24, 2.45) is 5.84 Å². The molecule has 3 N–H and O–H groups in total. The molecule has 0 saturated heterocycles. The van der Waals surface area contributed by atoms with Gasteiger partial charge < -0.3 is 4.42 Å². The van der Waals surface area contributed by atoms with Crippen molar-refractivity contribution in [3.05, 3.63) is 71.2 Å². The Balaban J connectivity index is 2.14. The van der Waals surface area contributed by atoms with Gasteiger partial charge in [0, 0.05) is 10.9 Å². The van der Waals surface area contributed by atoms with Crippen molar-refractivity contribution in [2.45, 2.75) is 13.0 Å². The van der Waals surface area contributed by atoms with Gasteiger partial charge in [-0.05, 0) is 36.2 Å². The number of rotatable bonds is 3. The van der Waals surface area contributed by atoms with E-state index in [9.17, 15) is 4.39 Å². The van der Waals surface area contributed by atoms with Crippen LogP contribution in [0, 0.1) is 12.7 Å². The van der Waals surface area contributed by atoms with E-state index in [1.807, 2.05) is 31.2 Å². The number of hydrazine groups is 1. The lowest BCUT2D eigenvalue weighted by Gasteiger charge is -2.17. The molecule has 0 spiro atoms. The van der Waals surface area contributed by atoms with Crippen LogP contribution in [0.25, 0.3) is 11.0 Å². The molecule has 0 amide bonds. The molecule has 3 aromatic rings. The first-order valence-corrected chi connectivity index (χ1v) is 6.39. The van der Waals surface area contributed by atoms with Crippen molar-refractivity contribution >= 4 is 11.0 Å². The fourth-order valence-corrected chi connectivity index (χ4v) is 2.53. The van der Waals surface area contributed by atoms with Crippen LogP contribution in [0.4, 0.5) is 4.39 Å². The number of aryl methyl sites for hydroxylation is 1. The van der Waals surface area contributed by atoms with Crippen molar-refractivity contribution in [3.63, 3.8) is 0 Å². The van der Waals surface area contributed by atoms with Gasteiger partial charge in [-0.2, -0.15) is 0 Å². The summed E-state index contributed by atoms with van der Waals surface area (Å²) in [5.74, 6) is 5.46. The molecule has 1 heterocycles. The first kappa shape index (κ1) is 12.8. The number of hydrogen-bond donors (Lipinski definition) is 2. The minimum atomic E-state index is -0.251. The highest BCUT2D eigenvalue weighted by molar-refractivity contribution is 5.82. The van der Waals surface area contributed by atoms with Crippen LogP contribution in [-0.2, 0) is 0 Å². The Morgan fingerprint density at radius 3 is 2.70 bits per heavy atom. The molecule has 102 valence electrons. The van der Waals surface area contributed by atoms with E-state index in [-0.39, 0.29) is 11.9 Å². The maximum absolute atomic E-state index is 13.2. The van der Waals surface area contributed by atoms with Crippen LogP contribution in [0.15, 0.2) is 53.1 Å². The number of fused-ring (bicyclic) bond motifs is 1. The molecule has 1 unspecified atom stereocenters. The van der Waals surface area contributed by atoms with Gasteiger partial charge in [-0.3, -0.25) is 5.84 Å². The summed E-state index contributed by atoms with van der Waals surface area (Å²) in [6, 6.07) is 12.2. The lowest BCUT2D eigenvalue weighted by Crippen LogP contribution is -2.29. The second kappa shape index (κ2) is 5.07. The zero-order valence-electron chi connectivity index (χ0n) is 11.1. The van der Waals surface area contributed by atoms with Gasteiger partial charge in [0.1, 0.15) is 11.4 Å². The first-order valence-electron chi connectivity index (χ1n) is 6.39. The minimum Gasteiger partial charge on any atom is -0.464 e. The Bertz CT molecular complexity index is 751. The third-order valence-corrected chi connectivity index (χ3v) is 3.53. The van der Waals surface area contributed by atoms with Crippen molar-refractivity contribution in [2.75, 3.05) is 0 Å². The second-order valence-corrected chi connectivity index (χ2v) is 4.79. The molecular weight excluding hydrogens is 255 g/mol. The van der Waals surface area contributed by atoms with E-state index in [0.717, 1.165) is 27.7 Å². The summed E-state index contributed by atoms with van der Waals surface area (Å²) in [5, 5.41) is 0.999. The molecule has 0 bridgehead atoms. The molecular formula is C16H15FN2O. The van der Waals surface area contributed by atoms with Gasteiger partial charge in [-0.25, -0.2) is 9.82 Å². The molecule has 0 aliphatic rings. The molecule has 3 rings (SSSR count). The summed E-state index contributed by atoms with van der Waals surface area (Å²) < 4.78 is 18.8. The summed E-state index contributed by atoms with van der Waals surface area (Å²) >= 11 is 0. The molecule has 4 heteroatoms. The summed E-state index contributed by atoms with van der Waals surface area (Å²) in [5.41, 5.74) is 6.32. The predicted octanol–water partition coefficient (Wildman–Crippen LogP) is 3.43. The van der Waals surface area contributed by atoms with Crippen LogP contribution < -0.4 is 11.3 Å². The Morgan fingerprint density at radius 1 is 1.15 bits per heavy atom. The first-order chi connectivity index (χ1) is 9.70. The quantitative estimate of drug-likeness (QED) is 0.566. The largest absolute Gasteiger partial charge is 0.464 e. The highest BCUT2D eigenvalue weighted by atomic mass is 19.1. The Hall–Kier alpha value is -2.17. The van der Waals surface area contributed by atoms with Crippen molar-refractivity contribution in [1.29, 1.82) is 0 Å². The molecule has 20 heavy (non-hydrogen) atoms. The van der Waals surface area contributed by atoms with Crippen LogP contribution in [0.2, 0.25) is 0 Å². The van der Waals surface area contributed by atoms with Gasteiger partial charge in [-0.15, -0.1) is 0 Å². The fraction of sp³-hybridized carbons (Fsp3) is 0.125. The van der Waals surface area contributed by atoms with Gasteiger partial charge in [0.25, 0.3) is 0 Å². The van der Waals surface area contributed by atoms with Gasteiger partial charge in [0.2, 0.25) is 0 Å². The maximum atomic E-state index is 13.2. The normalized spacial score (nSPS) is 12.8. The van der Waals surface area contributed by atoms with Gasteiger partial charge in [0.15, 0.2) is 0 Å². The van der Waals surface area contributed by atoms with Gasteiger partial charge in [-0.1, -0.05) is 24.3 Å². The standard InChI is InChI=1S/C16H15FN2O/c1-10-8-11(17)6-7-12(10)16(19-18)14-9-20-15-5-3-2-4-13(14)15/h2-9,16,19H,18H2,1H3. The van der Waals surface area contributed by atoms with Gasteiger partial charge in [0.05, 0.1) is 12.3 Å². The van der Waals surface area contributed by atoms with E-state index in [1.165, 1.54) is 12.1 Å².